The third kappa shape index (κ3) is 2.54. The quantitative estimate of drug-likeness (QED) is 0.707. The van der Waals surface area contributed by atoms with E-state index in [2.05, 4.69) is 28.8 Å². The number of aromatic nitrogens is 1. The first-order chi connectivity index (χ1) is 9.84. The van der Waals surface area contributed by atoms with Gasteiger partial charge in [-0.3, -0.25) is 4.79 Å². The first kappa shape index (κ1) is 12.4. The van der Waals surface area contributed by atoms with Gasteiger partial charge >= 0.3 is 0 Å². The normalized spacial score (nSPS) is 10.7. The van der Waals surface area contributed by atoms with Crippen LogP contribution < -0.4 is 5.43 Å². The summed E-state index contributed by atoms with van der Waals surface area (Å²) >= 11 is 0. The van der Waals surface area contributed by atoms with Crippen molar-refractivity contribution < 1.29 is 0 Å². The number of hydrogen-bond donors (Lipinski definition) is 0. The Hall–Kier alpha value is -2.61. The van der Waals surface area contributed by atoms with Crippen LogP contribution in [0.25, 0.3) is 0 Å². The predicted octanol–water partition coefficient (Wildman–Crippen LogP) is 3.49. The van der Waals surface area contributed by atoms with E-state index in [0.717, 1.165) is 0 Å². The Morgan fingerprint density at radius 1 is 0.650 bits per heavy atom. The highest BCUT2D eigenvalue weighted by molar-refractivity contribution is 5.32. The molecule has 3 rings (SSSR count). The Morgan fingerprint density at radius 3 is 1.55 bits per heavy atom. The van der Waals surface area contributed by atoms with Gasteiger partial charge in [-0.25, -0.2) is 0 Å². The van der Waals surface area contributed by atoms with Gasteiger partial charge in [0.1, 0.15) is 0 Å². The van der Waals surface area contributed by atoms with Crippen molar-refractivity contribution in [1.29, 1.82) is 0 Å². The van der Waals surface area contributed by atoms with Crippen LogP contribution >= 0.6 is 0 Å². The summed E-state index contributed by atoms with van der Waals surface area (Å²) in [5.41, 5.74) is 2.42. The molecule has 1 heterocycles. The molecule has 0 atom stereocenters. The summed E-state index contributed by atoms with van der Waals surface area (Å²) in [6.45, 7) is 0. The number of pyridine rings is 1. The third-order valence-electron chi connectivity index (χ3n) is 3.35. The molecule has 98 valence electrons. The van der Waals surface area contributed by atoms with Crippen LogP contribution in [0.3, 0.4) is 0 Å². The van der Waals surface area contributed by atoms with Crippen LogP contribution in [-0.4, -0.2) is 4.57 Å². The zero-order chi connectivity index (χ0) is 13.8. The van der Waals surface area contributed by atoms with Gasteiger partial charge in [0, 0.05) is 24.5 Å². The van der Waals surface area contributed by atoms with Crippen LogP contribution in [0.1, 0.15) is 17.2 Å². The van der Waals surface area contributed by atoms with Gasteiger partial charge in [0.05, 0.1) is 6.04 Å². The maximum atomic E-state index is 11.3. The van der Waals surface area contributed by atoms with Crippen LogP contribution in [0.2, 0.25) is 0 Å². The highest BCUT2D eigenvalue weighted by Crippen LogP contribution is 2.25. The number of nitrogens with zero attached hydrogens (tertiary/aromatic N) is 1. The minimum Gasteiger partial charge on any atom is -0.343 e. The van der Waals surface area contributed by atoms with E-state index in [-0.39, 0.29) is 11.5 Å². The molecule has 2 aromatic carbocycles. The van der Waals surface area contributed by atoms with Crippen molar-refractivity contribution in [1.82, 2.24) is 4.57 Å². The zero-order valence-electron chi connectivity index (χ0n) is 11.0. The van der Waals surface area contributed by atoms with Crippen molar-refractivity contribution in [2.24, 2.45) is 0 Å². The standard InChI is InChI=1S/C18H15NO/c20-17-11-13-19(14-12-17)18(15-7-3-1-4-8-15)16-9-5-2-6-10-16/h1-14,18H. The summed E-state index contributed by atoms with van der Waals surface area (Å²) in [4.78, 5) is 11.3. The predicted molar refractivity (Wildman–Crippen MR) is 80.8 cm³/mol. The fraction of sp³-hybridized carbons (Fsp3) is 0.0556. The van der Waals surface area contributed by atoms with E-state index in [0.29, 0.717) is 0 Å². The van der Waals surface area contributed by atoms with Crippen molar-refractivity contribution in [3.8, 4) is 0 Å². The molecule has 0 aliphatic heterocycles. The summed E-state index contributed by atoms with van der Waals surface area (Å²) in [6, 6.07) is 23.9. The molecule has 1 aromatic heterocycles. The van der Waals surface area contributed by atoms with E-state index in [4.69, 9.17) is 0 Å². The average molecular weight is 261 g/mol. The molecule has 2 heteroatoms. The van der Waals surface area contributed by atoms with Crippen LogP contribution in [0.4, 0.5) is 0 Å². The fourth-order valence-corrected chi connectivity index (χ4v) is 2.40. The molecule has 0 spiro atoms. The van der Waals surface area contributed by atoms with E-state index in [1.54, 1.807) is 12.1 Å². The Balaban J connectivity index is 2.13. The van der Waals surface area contributed by atoms with E-state index < -0.39 is 0 Å². The van der Waals surface area contributed by atoms with Gasteiger partial charge in [-0.1, -0.05) is 60.7 Å². The molecule has 0 bridgehead atoms. The Bertz CT molecular complexity index is 672. The topological polar surface area (TPSA) is 22.0 Å². The molecule has 0 fully saturated rings. The molecular weight excluding hydrogens is 246 g/mol. The number of hydrogen-bond acceptors (Lipinski definition) is 1. The van der Waals surface area contributed by atoms with Gasteiger partial charge in [0.2, 0.25) is 0 Å². The smallest absolute Gasteiger partial charge is 0.181 e. The Labute approximate surface area is 118 Å². The van der Waals surface area contributed by atoms with Gasteiger partial charge in [0.15, 0.2) is 5.43 Å². The summed E-state index contributed by atoms with van der Waals surface area (Å²) in [5, 5.41) is 0. The molecule has 20 heavy (non-hydrogen) atoms. The minimum absolute atomic E-state index is 0.0288. The summed E-state index contributed by atoms with van der Waals surface area (Å²) in [7, 11) is 0. The number of benzene rings is 2. The lowest BCUT2D eigenvalue weighted by Gasteiger charge is -2.21. The second-order valence-corrected chi connectivity index (χ2v) is 4.70. The molecule has 0 N–H and O–H groups in total. The summed E-state index contributed by atoms with van der Waals surface area (Å²) < 4.78 is 2.06. The van der Waals surface area contributed by atoms with Gasteiger partial charge < -0.3 is 4.57 Å². The lowest BCUT2D eigenvalue weighted by atomic mass is 9.98. The van der Waals surface area contributed by atoms with Crippen molar-refractivity contribution in [2.45, 2.75) is 6.04 Å². The molecule has 0 unspecified atom stereocenters. The largest absolute Gasteiger partial charge is 0.343 e. The maximum Gasteiger partial charge on any atom is 0.181 e. The van der Waals surface area contributed by atoms with Gasteiger partial charge in [-0.05, 0) is 11.1 Å². The molecule has 0 amide bonds. The van der Waals surface area contributed by atoms with E-state index in [1.165, 1.54) is 11.1 Å². The zero-order valence-corrected chi connectivity index (χ0v) is 11.0. The molecule has 0 radical (unpaired) electrons. The van der Waals surface area contributed by atoms with Crippen LogP contribution in [-0.2, 0) is 0 Å². The highest BCUT2D eigenvalue weighted by atomic mass is 16.1. The van der Waals surface area contributed by atoms with E-state index in [1.807, 2.05) is 48.8 Å². The van der Waals surface area contributed by atoms with Gasteiger partial charge in [-0.15, -0.1) is 0 Å². The second kappa shape index (κ2) is 5.57. The SMILES string of the molecule is O=c1ccn(C(c2ccccc2)c2ccccc2)cc1. The highest BCUT2D eigenvalue weighted by Gasteiger charge is 2.14. The molecule has 2 nitrogen and oxygen atoms in total. The number of rotatable bonds is 3. The first-order valence-electron chi connectivity index (χ1n) is 6.62. The van der Waals surface area contributed by atoms with E-state index in [9.17, 15) is 4.79 Å². The summed E-state index contributed by atoms with van der Waals surface area (Å²) in [5.74, 6) is 0. The maximum absolute atomic E-state index is 11.3. The van der Waals surface area contributed by atoms with Crippen molar-refractivity contribution >= 4 is 0 Å². The lowest BCUT2D eigenvalue weighted by Crippen LogP contribution is -2.13. The van der Waals surface area contributed by atoms with Crippen molar-refractivity contribution in [2.75, 3.05) is 0 Å². The Kier molecular flexibility index (Phi) is 3.46. The van der Waals surface area contributed by atoms with Crippen molar-refractivity contribution in [3.05, 3.63) is 107 Å². The molecule has 0 aliphatic carbocycles. The van der Waals surface area contributed by atoms with Crippen molar-refractivity contribution in [3.63, 3.8) is 0 Å². The van der Waals surface area contributed by atoms with Gasteiger partial charge in [0.25, 0.3) is 0 Å². The van der Waals surface area contributed by atoms with Crippen LogP contribution in [0, 0.1) is 0 Å². The molecule has 0 saturated heterocycles. The van der Waals surface area contributed by atoms with Crippen LogP contribution in [0.5, 0.6) is 0 Å². The Morgan fingerprint density at radius 2 is 1.10 bits per heavy atom. The van der Waals surface area contributed by atoms with E-state index >= 15 is 0 Å². The molecule has 0 saturated carbocycles. The summed E-state index contributed by atoms with van der Waals surface area (Å²) in [6.07, 6.45) is 3.68. The lowest BCUT2D eigenvalue weighted by molar-refractivity contribution is 0.671. The minimum atomic E-state index is 0.0288. The second-order valence-electron chi connectivity index (χ2n) is 4.70. The molecular formula is C18H15NO. The third-order valence-corrected chi connectivity index (χ3v) is 3.35. The molecule has 0 aliphatic rings. The van der Waals surface area contributed by atoms with Crippen LogP contribution in [0.15, 0.2) is 90.0 Å². The average Bonchev–Trinajstić information content (AvgIpc) is 2.52. The fourth-order valence-electron chi connectivity index (χ4n) is 2.40. The van der Waals surface area contributed by atoms with Gasteiger partial charge in [-0.2, -0.15) is 0 Å². The first-order valence-corrected chi connectivity index (χ1v) is 6.62. The molecule has 3 aromatic rings. The monoisotopic (exact) mass is 261 g/mol.